The van der Waals surface area contributed by atoms with Gasteiger partial charge in [0.25, 0.3) is 5.91 Å². The Morgan fingerprint density at radius 2 is 2.04 bits per heavy atom. The van der Waals surface area contributed by atoms with Gasteiger partial charge >= 0.3 is 0 Å². The maximum atomic E-state index is 13.7. The van der Waals surface area contributed by atoms with Crippen LogP contribution in [0, 0.1) is 5.82 Å². The van der Waals surface area contributed by atoms with Crippen LogP contribution in [0.1, 0.15) is 53.9 Å². The number of hydrogen-bond donors (Lipinski definition) is 1. The number of ether oxygens (including phenoxy) is 1. The molecule has 144 valence electrons. The van der Waals surface area contributed by atoms with Crippen molar-refractivity contribution >= 4 is 17.5 Å². The first-order valence-electron chi connectivity index (χ1n) is 9.18. The summed E-state index contributed by atoms with van der Waals surface area (Å²) in [5.41, 5.74) is 2.34. The van der Waals surface area contributed by atoms with Crippen LogP contribution in [0.2, 0.25) is 5.15 Å². The number of aromatic nitrogens is 1. The molecule has 0 unspecified atom stereocenters. The van der Waals surface area contributed by atoms with E-state index in [1.165, 1.54) is 6.07 Å². The number of carbonyl (C=O) groups excluding carboxylic acids is 1. The molecular formula is C21H24ClFN2O2. The summed E-state index contributed by atoms with van der Waals surface area (Å²) in [7, 11) is 0. The number of pyridine rings is 1. The molecule has 2 aromatic rings. The maximum absolute atomic E-state index is 13.7. The fourth-order valence-corrected chi connectivity index (χ4v) is 3.45. The standard InChI is InChI=1S/C21H24ClFN2O2/c1-21(2,13-27-12-15-8-3-5-9-17(15)23)25-20(26)16-11-14-7-4-6-10-18(14)24-19(16)22/h3,5,8-9,11H,4,6-7,10,12-13H2,1-2H3,(H,25,26). The summed E-state index contributed by atoms with van der Waals surface area (Å²) < 4.78 is 19.3. The number of fused-ring (bicyclic) bond motifs is 1. The molecule has 0 radical (unpaired) electrons. The van der Waals surface area contributed by atoms with Crippen LogP contribution in [0.5, 0.6) is 0 Å². The molecule has 0 spiro atoms. The summed E-state index contributed by atoms with van der Waals surface area (Å²) in [5, 5.41) is 3.17. The zero-order valence-corrected chi connectivity index (χ0v) is 16.4. The fraction of sp³-hybridized carbons (Fsp3) is 0.429. The van der Waals surface area contributed by atoms with Crippen molar-refractivity contribution in [2.24, 2.45) is 0 Å². The van der Waals surface area contributed by atoms with Gasteiger partial charge in [0.2, 0.25) is 0 Å². The van der Waals surface area contributed by atoms with E-state index in [0.717, 1.165) is 36.9 Å². The molecular weight excluding hydrogens is 367 g/mol. The van der Waals surface area contributed by atoms with Gasteiger partial charge in [0.1, 0.15) is 11.0 Å². The van der Waals surface area contributed by atoms with E-state index in [0.29, 0.717) is 11.1 Å². The molecule has 0 fully saturated rings. The summed E-state index contributed by atoms with van der Waals surface area (Å²) in [6.45, 7) is 4.09. The monoisotopic (exact) mass is 390 g/mol. The number of carbonyl (C=O) groups is 1. The number of hydrogen-bond acceptors (Lipinski definition) is 3. The van der Waals surface area contributed by atoms with Gasteiger partial charge in [-0.15, -0.1) is 0 Å². The first-order chi connectivity index (χ1) is 12.9. The summed E-state index contributed by atoms with van der Waals surface area (Å²) in [4.78, 5) is 17.1. The van der Waals surface area contributed by atoms with Gasteiger partial charge in [-0.2, -0.15) is 0 Å². The summed E-state index contributed by atoms with van der Waals surface area (Å²) in [6.07, 6.45) is 4.04. The van der Waals surface area contributed by atoms with Crippen LogP contribution < -0.4 is 5.32 Å². The molecule has 0 aliphatic heterocycles. The average Bonchev–Trinajstić information content (AvgIpc) is 2.62. The van der Waals surface area contributed by atoms with Crippen LogP contribution >= 0.6 is 11.6 Å². The molecule has 0 atom stereocenters. The highest BCUT2D eigenvalue weighted by atomic mass is 35.5. The first kappa shape index (κ1) is 19.8. The Morgan fingerprint density at radius 1 is 1.30 bits per heavy atom. The lowest BCUT2D eigenvalue weighted by Gasteiger charge is -2.27. The minimum absolute atomic E-state index is 0.146. The molecule has 0 bridgehead atoms. The molecule has 1 amide bonds. The molecule has 6 heteroatoms. The SMILES string of the molecule is CC(C)(COCc1ccccc1F)NC(=O)c1cc2c(nc1Cl)CCCC2. The van der Waals surface area contributed by atoms with Crippen molar-refractivity contribution in [1.82, 2.24) is 10.3 Å². The van der Waals surface area contributed by atoms with Crippen LogP contribution in [0.3, 0.4) is 0 Å². The van der Waals surface area contributed by atoms with E-state index in [-0.39, 0.29) is 30.1 Å². The minimum atomic E-state index is -0.637. The number of amides is 1. The van der Waals surface area contributed by atoms with Gasteiger partial charge in [0, 0.05) is 11.3 Å². The summed E-state index contributed by atoms with van der Waals surface area (Å²) >= 11 is 6.24. The molecule has 1 aromatic carbocycles. The van der Waals surface area contributed by atoms with Crippen molar-refractivity contribution in [3.8, 4) is 0 Å². The topological polar surface area (TPSA) is 51.2 Å². The van der Waals surface area contributed by atoms with Crippen molar-refractivity contribution < 1.29 is 13.9 Å². The predicted molar refractivity (Wildman–Crippen MR) is 103 cm³/mol. The summed E-state index contributed by atoms with van der Waals surface area (Å²) in [5.74, 6) is -0.577. The lowest BCUT2D eigenvalue weighted by molar-refractivity contribution is 0.0606. The molecule has 1 aliphatic rings. The van der Waals surface area contributed by atoms with Gasteiger partial charge in [-0.05, 0) is 57.2 Å². The number of halogens is 2. The normalized spacial score (nSPS) is 13.9. The molecule has 4 nitrogen and oxygen atoms in total. The van der Waals surface area contributed by atoms with Crippen LogP contribution in [-0.2, 0) is 24.2 Å². The second kappa shape index (κ2) is 8.36. The number of benzene rings is 1. The van der Waals surface area contributed by atoms with Gasteiger partial charge in [-0.1, -0.05) is 29.8 Å². The third kappa shape index (κ3) is 5.05. The van der Waals surface area contributed by atoms with Gasteiger partial charge in [-0.3, -0.25) is 4.79 Å². The predicted octanol–water partition coefficient (Wildman–Crippen LogP) is 4.48. The highest BCUT2D eigenvalue weighted by Crippen LogP contribution is 2.25. The number of nitrogens with zero attached hydrogens (tertiary/aromatic N) is 1. The molecule has 0 saturated heterocycles. The Hall–Kier alpha value is -1.98. The van der Waals surface area contributed by atoms with Gasteiger partial charge in [0.05, 0.1) is 24.3 Å². The van der Waals surface area contributed by atoms with Gasteiger partial charge in [-0.25, -0.2) is 9.37 Å². The van der Waals surface area contributed by atoms with E-state index in [9.17, 15) is 9.18 Å². The Bertz CT molecular complexity index is 839. The zero-order chi connectivity index (χ0) is 19.4. The lowest BCUT2D eigenvalue weighted by atomic mass is 9.95. The van der Waals surface area contributed by atoms with Gasteiger partial charge in [0.15, 0.2) is 0 Å². The Balaban J connectivity index is 1.61. The number of rotatable bonds is 6. The Kier molecular flexibility index (Phi) is 6.12. The smallest absolute Gasteiger partial charge is 0.254 e. The first-order valence-corrected chi connectivity index (χ1v) is 9.55. The second-order valence-corrected chi connectivity index (χ2v) is 7.92. The number of aryl methyl sites for hydroxylation is 2. The van der Waals surface area contributed by atoms with Crippen molar-refractivity contribution in [3.05, 3.63) is 63.7 Å². The van der Waals surface area contributed by atoms with E-state index in [2.05, 4.69) is 10.3 Å². The van der Waals surface area contributed by atoms with Crippen LogP contribution in [-0.4, -0.2) is 23.0 Å². The van der Waals surface area contributed by atoms with E-state index < -0.39 is 5.54 Å². The molecule has 3 rings (SSSR count). The van der Waals surface area contributed by atoms with Gasteiger partial charge < -0.3 is 10.1 Å². The Labute approximate surface area is 164 Å². The maximum Gasteiger partial charge on any atom is 0.254 e. The van der Waals surface area contributed by atoms with E-state index >= 15 is 0 Å². The van der Waals surface area contributed by atoms with Crippen LogP contribution in [0.15, 0.2) is 30.3 Å². The van der Waals surface area contributed by atoms with Crippen LogP contribution in [0.4, 0.5) is 4.39 Å². The average molecular weight is 391 g/mol. The zero-order valence-electron chi connectivity index (χ0n) is 15.6. The molecule has 1 heterocycles. The molecule has 0 saturated carbocycles. The fourth-order valence-electron chi connectivity index (χ4n) is 3.21. The van der Waals surface area contributed by atoms with E-state index in [4.69, 9.17) is 16.3 Å². The molecule has 1 aliphatic carbocycles. The van der Waals surface area contributed by atoms with E-state index in [1.54, 1.807) is 18.2 Å². The Morgan fingerprint density at radius 3 is 2.81 bits per heavy atom. The lowest BCUT2D eigenvalue weighted by Crippen LogP contribution is -2.47. The molecule has 1 N–H and O–H groups in total. The third-order valence-electron chi connectivity index (χ3n) is 4.63. The second-order valence-electron chi connectivity index (χ2n) is 7.56. The minimum Gasteiger partial charge on any atom is -0.374 e. The van der Waals surface area contributed by atoms with Crippen molar-refractivity contribution in [1.29, 1.82) is 0 Å². The third-order valence-corrected chi connectivity index (χ3v) is 4.92. The largest absolute Gasteiger partial charge is 0.374 e. The van der Waals surface area contributed by atoms with E-state index in [1.807, 2.05) is 19.9 Å². The highest BCUT2D eigenvalue weighted by Gasteiger charge is 2.25. The quantitative estimate of drug-likeness (QED) is 0.740. The number of nitrogens with one attached hydrogen (secondary N) is 1. The molecule has 1 aromatic heterocycles. The van der Waals surface area contributed by atoms with Crippen molar-refractivity contribution in [2.75, 3.05) is 6.61 Å². The highest BCUT2D eigenvalue weighted by molar-refractivity contribution is 6.32. The van der Waals surface area contributed by atoms with Crippen molar-refractivity contribution in [3.63, 3.8) is 0 Å². The van der Waals surface area contributed by atoms with Crippen molar-refractivity contribution in [2.45, 2.75) is 51.7 Å². The summed E-state index contributed by atoms with van der Waals surface area (Å²) in [6, 6.07) is 8.34. The molecule has 27 heavy (non-hydrogen) atoms. The van der Waals surface area contributed by atoms with Crippen LogP contribution in [0.25, 0.3) is 0 Å².